The van der Waals surface area contributed by atoms with E-state index in [0.717, 1.165) is 5.69 Å². The minimum absolute atomic E-state index is 0.407. The van der Waals surface area contributed by atoms with Crippen LogP contribution in [0.2, 0.25) is 0 Å². The lowest BCUT2D eigenvalue weighted by molar-refractivity contribution is -0.404. The lowest BCUT2D eigenvalue weighted by Gasteiger charge is -2.14. The van der Waals surface area contributed by atoms with Gasteiger partial charge in [-0.3, -0.25) is 35.3 Å². The summed E-state index contributed by atoms with van der Waals surface area (Å²) in [5, 5.41) is 40.2. The molecule has 3 aromatic carbocycles. The van der Waals surface area contributed by atoms with Crippen molar-refractivity contribution in [1.29, 1.82) is 0 Å². The average molecular weight is 502 g/mol. The maximum Gasteiger partial charge on any atom is 0.324 e. The fraction of sp³-hybridized carbons (Fsp3) is 0.115. The van der Waals surface area contributed by atoms with Crippen LogP contribution in [0.4, 0.5) is 17.1 Å². The highest BCUT2D eigenvalue weighted by atomic mass is 16.6. The van der Waals surface area contributed by atoms with E-state index in [0.29, 0.717) is 18.1 Å². The number of benzene rings is 3. The zero-order valence-electron chi connectivity index (χ0n) is 19.8. The maximum atomic E-state index is 10.4. The third-order valence-corrected chi connectivity index (χ3v) is 5.32. The number of phenols is 1. The molecule has 0 radical (unpaired) electrons. The van der Waals surface area contributed by atoms with Crippen LogP contribution < -0.4 is 0 Å². The molecule has 4 aromatic rings. The van der Waals surface area contributed by atoms with E-state index < -0.39 is 37.6 Å². The number of aromatic hydroxyl groups is 1. The van der Waals surface area contributed by atoms with Gasteiger partial charge in [0.05, 0.1) is 32.6 Å². The first-order valence-corrected chi connectivity index (χ1v) is 11.0. The third-order valence-electron chi connectivity index (χ3n) is 5.32. The Morgan fingerprint density at radius 1 is 0.703 bits per heavy atom. The highest BCUT2D eigenvalue weighted by Crippen LogP contribution is 2.39. The summed E-state index contributed by atoms with van der Waals surface area (Å²) >= 11 is 0. The lowest BCUT2D eigenvalue weighted by atomic mass is 9.95. The van der Waals surface area contributed by atoms with Gasteiger partial charge in [-0.2, -0.15) is 0 Å². The number of phenolic OH excluding ortho intramolecular Hbond substituents is 1. The molecule has 0 bridgehead atoms. The SMILES string of the molecule is CC(C)c1ncc(-c2ccccc2)cc1-c1ccccc1.O=[N+]([O-])c1cc([N+](=O)[O-])c(O)c([N+](=O)[O-])c1. The molecule has 0 unspecified atom stereocenters. The minimum atomic E-state index is -1.21. The Morgan fingerprint density at radius 2 is 1.19 bits per heavy atom. The number of hydrogen-bond acceptors (Lipinski definition) is 8. The Kier molecular flexibility index (Phi) is 8.20. The predicted octanol–water partition coefficient (Wildman–Crippen LogP) is 6.66. The first kappa shape index (κ1) is 26.4. The van der Waals surface area contributed by atoms with Crippen LogP contribution in [-0.4, -0.2) is 24.9 Å². The zero-order chi connectivity index (χ0) is 27.1. The number of rotatable bonds is 6. The van der Waals surface area contributed by atoms with Crippen molar-refractivity contribution in [3.63, 3.8) is 0 Å². The van der Waals surface area contributed by atoms with Gasteiger partial charge in [0.15, 0.2) is 0 Å². The van der Waals surface area contributed by atoms with E-state index in [2.05, 4.69) is 68.4 Å². The quantitative estimate of drug-likeness (QED) is 0.226. The van der Waals surface area contributed by atoms with Crippen molar-refractivity contribution < 1.29 is 19.9 Å². The molecule has 4 rings (SSSR count). The van der Waals surface area contributed by atoms with Crippen molar-refractivity contribution in [1.82, 2.24) is 4.98 Å². The van der Waals surface area contributed by atoms with Crippen molar-refractivity contribution in [2.24, 2.45) is 0 Å². The van der Waals surface area contributed by atoms with E-state index in [1.54, 1.807) is 0 Å². The standard InChI is InChI=1S/C20H19N.C6H3N3O7/c1-15(2)20-19(17-11-7-4-8-12-17)13-18(14-21-20)16-9-5-3-6-10-16;10-6-4(8(13)14)1-3(7(11)12)2-5(6)9(15)16/h3-15H,1-2H3;1-2,10H. The van der Waals surface area contributed by atoms with Crippen LogP contribution in [0.5, 0.6) is 5.75 Å². The summed E-state index contributed by atoms with van der Waals surface area (Å²) in [5.74, 6) is -0.800. The Balaban J connectivity index is 0.000000214. The number of hydrogen-bond donors (Lipinski definition) is 1. The topological polar surface area (TPSA) is 163 Å². The minimum Gasteiger partial charge on any atom is -0.497 e. The van der Waals surface area contributed by atoms with Crippen molar-refractivity contribution >= 4 is 17.1 Å². The molecule has 0 spiro atoms. The van der Waals surface area contributed by atoms with Gasteiger partial charge in [0.1, 0.15) is 0 Å². The molecular weight excluding hydrogens is 480 g/mol. The first-order valence-electron chi connectivity index (χ1n) is 11.0. The van der Waals surface area contributed by atoms with E-state index in [-0.39, 0.29) is 0 Å². The van der Waals surface area contributed by atoms with E-state index in [9.17, 15) is 30.3 Å². The zero-order valence-corrected chi connectivity index (χ0v) is 19.8. The summed E-state index contributed by atoms with van der Waals surface area (Å²) in [7, 11) is 0. The molecule has 0 aliphatic heterocycles. The van der Waals surface area contributed by atoms with Gasteiger partial charge in [-0.1, -0.05) is 74.5 Å². The van der Waals surface area contributed by atoms with E-state index in [4.69, 9.17) is 10.1 Å². The largest absolute Gasteiger partial charge is 0.497 e. The molecule has 37 heavy (non-hydrogen) atoms. The van der Waals surface area contributed by atoms with Gasteiger partial charge in [-0.15, -0.1) is 0 Å². The maximum absolute atomic E-state index is 10.4. The van der Waals surface area contributed by atoms with Crippen molar-refractivity contribution in [3.8, 4) is 28.0 Å². The molecule has 0 aliphatic rings. The highest BCUT2D eigenvalue weighted by Gasteiger charge is 2.30. The normalized spacial score (nSPS) is 10.4. The van der Waals surface area contributed by atoms with Crippen LogP contribution in [0.3, 0.4) is 0 Å². The summed E-state index contributed by atoms with van der Waals surface area (Å²) in [5.41, 5.74) is 2.98. The van der Waals surface area contributed by atoms with Gasteiger partial charge in [0.2, 0.25) is 0 Å². The predicted molar refractivity (Wildman–Crippen MR) is 137 cm³/mol. The summed E-state index contributed by atoms with van der Waals surface area (Å²) < 4.78 is 0. The molecule has 0 aliphatic carbocycles. The molecule has 1 aromatic heterocycles. The van der Waals surface area contributed by atoms with E-state index in [1.807, 2.05) is 18.3 Å². The van der Waals surface area contributed by atoms with Crippen LogP contribution in [-0.2, 0) is 0 Å². The Labute approximate surface area is 211 Å². The second kappa shape index (κ2) is 11.5. The second-order valence-corrected chi connectivity index (χ2v) is 8.15. The van der Waals surface area contributed by atoms with Crippen molar-refractivity contribution in [2.45, 2.75) is 19.8 Å². The molecule has 1 N–H and O–H groups in total. The molecule has 0 atom stereocenters. The van der Waals surface area contributed by atoms with Crippen molar-refractivity contribution in [2.75, 3.05) is 0 Å². The van der Waals surface area contributed by atoms with Gasteiger partial charge in [0, 0.05) is 17.3 Å². The van der Waals surface area contributed by atoms with E-state index >= 15 is 0 Å². The number of non-ortho nitro benzene ring substituents is 1. The van der Waals surface area contributed by atoms with Gasteiger partial charge < -0.3 is 5.11 Å². The summed E-state index contributed by atoms with van der Waals surface area (Å²) in [6, 6.07) is 24.1. The number of aromatic nitrogens is 1. The van der Waals surface area contributed by atoms with Gasteiger partial charge in [0.25, 0.3) is 11.4 Å². The fourth-order valence-electron chi connectivity index (χ4n) is 3.55. The average Bonchev–Trinajstić information content (AvgIpc) is 2.89. The molecule has 0 saturated heterocycles. The molecule has 11 heteroatoms. The lowest BCUT2D eigenvalue weighted by Crippen LogP contribution is -1.97. The molecular formula is C26H22N4O7. The number of nitro groups is 3. The van der Waals surface area contributed by atoms with Crippen LogP contribution in [0.15, 0.2) is 85.1 Å². The first-order chi connectivity index (χ1) is 17.6. The van der Waals surface area contributed by atoms with Crippen LogP contribution >= 0.6 is 0 Å². The Bertz CT molecular complexity index is 1410. The second-order valence-electron chi connectivity index (χ2n) is 8.15. The summed E-state index contributed by atoms with van der Waals surface area (Å²) in [4.78, 5) is 32.5. The van der Waals surface area contributed by atoms with Crippen molar-refractivity contribution in [3.05, 3.63) is 121 Å². The number of pyridine rings is 1. The highest BCUT2D eigenvalue weighted by molar-refractivity contribution is 5.74. The monoisotopic (exact) mass is 502 g/mol. The van der Waals surface area contributed by atoms with Crippen LogP contribution in [0.25, 0.3) is 22.3 Å². The van der Waals surface area contributed by atoms with Gasteiger partial charge in [-0.25, -0.2) is 0 Å². The molecule has 188 valence electrons. The molecule has 1 heterocycles. The van der Waals surface area contributed by atoms with Crippen LogP contribution in [0, 0.1) is 30.3 Å². The number of nitro benzene ring substituents is 3. The Morgan fingerprint density at radius 3 is 1.62 bits per heavy atom. The third kappa shape index (κ3) is 6.28. The molecule has 0 fully saturated rings. The summed E-state index contributed by atoms with van der Waals surface area (Å²) in [6.45, 7) is 4.38. The fourth-order valence-corrected chi connectivity index (χ4v) is 3.55. The summed E-state index contributed by atoms with van der Waals surface area (Å²) in [6.07, 6.45) is 1.98. The van der Waals surface area contributed by atoms with Crippen LogP contribution in [0.1, 0.15) is 25.5 Å². The Hall–Kier alpha value is -5.19. The number of nitrogens with zero attached hydrogens (tertiary/aromatic N) is 4. The van der Waals surface area contributed by atoms with Gasteiger partial charge in [-0.05, 0) is 23.1 Å². The molecule has 0 amide bonds. The van der Waals surface area contributed by atoms with E-state index in [1.165, 1.54) is 22.3 Å². The molecule has 0 saturated carbocycles. The smallest absolute Gasteiger partial charge is 0.324 e. The van der Waals surface area contributed by atoms with Gasteiger partial charge >= 0.3 is 11.4 Å². The molecule has 11 nitrogen and oxygen atoms in total.